The number of hydrogen-bond acceptors (Lipinski definition) is 3. The summed E-state index contributed by atoms with van der Waals surface area (Å²) in [6.45, 7) is 2.85. The van der Waals surface area contributed by atoms with Crippen molar-refractivity contribution in [1.82, 2.24) is 10.6 Å². The molecule has 0 bridgehead atoms. The number of aliphatic imine (C=N–C) groups is 1. The van der Waals surface area contributed by atoms with Gasteiger partial charge in [0.2, 0.25) is 11.8 Å². The lowest BCUT2D eigenvalue weighted by Crippen LogP contribution is -2.41. The van der Waals surface area contributed by atoms with Crippen molar-refractivity contribution >= 4 is 29.1 Å². The second-order valence-corrected chi connectivity index (χ2v) is 7.04. The minimum atomic E-state index is -0.0765. The van der Waals surface area contributed by atoms with E-state index < -0.39 is 0 Å². The average molecular weight is 393 g/mol. The molecule has 1 heterocycles. The van der Waals surface area contributed by atoms with Crippen LogP contribution in [0.1, 0.15) is 30.4 Å². The summed E-state index contributed by atoms with van der Waals surface area (Å²) in [4.78, 5) is 27.3. The maximum atomic E-state index is 12.0. The van der Waals surface area contributed by atoms with Gasteiger partial charge in [0.15, 0.2) is 5.96 Å². The number of hydrogen-bond donors (Lipinski definition) is 4. The van der Waals surface area contributed by atoms with Gasteiger partial charge in [-0.2, -0.15) is 0 Å². The van der Waals surface area contributed by atoms with Crippen LogP contribution >= 0.6 is 0 Å². The molecule has 2 aromatic rings. The second-order valence-electron chi connectivity index (χ2n) is 7.04. The van der Waals surface area contributed by atoms with Crippen molar-refractivity contribution < 1.29 is 9.59 Å². The first-order chi connectivity index (χ1) is 14.0. The fourth-order valence-electron chi connectivity index (χ4n) is 3.41. The minimum absolute atomic E-state index is 0.0427. The van der Waals surface area contributed by atoms with Crippen molar-refractivity contribution in [1.29, 1.82) is 0 Å². The van der Waals surface area contributed by atoms with Crippen LogP contribution in [0, 0.1) is 0 Å². The Hall–Kier alpha value is -3.35. The van der Waals surface area contributed by atoms with E-state index in [-0.39, 0.29) is 17.7 Å². The predicted octanol–water partition coefficient (Wildman–Crippen LogP) is 2.48. The van der Waals surface area contributed by atoms with Crippen LogP contribution in [-0.4, -0.2) is 37.9 Å². The number of fused-ring (bicyclic) bond motifs is 1. The summed E-state index contributed by atoms with van der Waals surface area (Å²) >= 11 is 0. The molecule has 29 heavy (non-hydrogen) atoms. The largest absolute Gasteiger partial charge is 0.356 e. The molecule has 0 spiro atoms. The molecular weight excluding hydrogens is 366 g/mol. The zero-order valence-electron chi connectivity index (χ0n) is 16.8. The minimum Gasteiger partial charge on any atom is -0.356 e. The molecule has 0 aromatic heterocycles. The zero-order chi connectivity index (χ0) is 20.6. The van der Waals surface area contributed by atoms with Crippen molar-refractivity contribution in [3.05, 3.63) is 59.7 Å². The maximum Gasteiger partial charge on any atom is 0.225 e. The van der Waals surface area contributed by atoms with E-state index in [0.29, 0.717) is 18.9 Å². The van der Waals surface area contributed by atoms with Crippen LogP contribution < -0.4 is 21.3 Å². The van der Waals surface area contributed by atoms with Gasteiger partial charge in [0.1, 0.15) is 0 Å². The van der Waals surface area contributed by atoms with Gasteiger partial charge in [-0.1, -0.05) is 30.3 Å². The normalized spacial score (nSPS) is 15.9. The molecule has 3 rings (SSSR count). The molecule has 1 unspecified atom stereocenters. The third kappa shape index (κ3) is 5.81. The van der Waals surface area contributed by atoms with Gasteiger partial charge >= 0.3 is 0 Å². The van der Waals surface area contributed by atoms with Crippen LogP contribution in [-0.2, 0) is 16.0 Å². The van der Waals surface area contributed by atoms with E-state index >= 15 is 0 Å². The van der Waals surface area contributed by atoms with Crippen molar-refractivity contribution in [2.45, 2.75) is 25.7 Å². The standard InChI is InChI=1S/C22H27N5O2/c1-15(28)26-18-9-7-16(8-10-18)11-12-24-22(23-2)25-14-17-13-21(29)27-20-6-4-3-5-19(17)20/h3-10,17H,11-14H2,1-2H3,(H,26,28)(H,27,29)(H2,23,24,25). The Morgan fingerprint density at radius 3 is 2.62 bits per heavy atom. The molecule has 0 saturated heterocycles. The third-order valence-electron chi connectivity index (χ3n) is 4.83. The molecule has 0 fully saturated rings. The van der Waals surface area contributed by atoms with Crippen LogP contribution in [0.2, 0.25) is 0 Å². The number of amides is 2. The monoisotopic (exact) mass is 393 g/mol. The topological polar surface area (TPSA) is 94.6 Å². The zero-order valence-corrected chi connectivity index (χ0v) is 16.8. The van der Waals surface area contributed by atoms with E-state index in [1.807, 2.05) is 42.5 Å². The molecule has 2 aromatic carbocycles. The summed E-state index contributed by atoms with van der Waals surface area (Å²) in [5, 5.41) is 12.3. The highest BCUT2D eigenvalue weighted by molar-refractivity contribution is 5.94. The molecule has 1 atom stereocenters. The Kier molecular flexibility index (Phi) is 6.84. The maximum absolute atomic E-state index is 12.0. The van der Waals surface area contributed by atoms with Crippen molar-refractivity contribution in [2.75, 3.05) is 30.8 Å². The van der Waals surface area contributed by atoms with Gasteiger partial charge in [0.25, 0.3) is 0 Å². The van der Waals surface area contributed by atoms with E-state index in [4.69, 9.17) is 0 Å². The van der Waals surface area contributed by atoms with E-state index in [9.17, 15) is 9.59 Å². The Morgan fingerprint density at radius 1 is 1.14 bits per heavy atom. The van der Waals surface area contributed by atoms with Gasteiger partial charge in [-0.15, -0.1) is 0 Å². The van der Waals surface area contributed by atoms with Crippen molar-refractivity contribution in [3.8, 4) is 0 Å². The van der Waals surface area contributed by atoms with Crippen molar-refractivity contribution in [2.24, 2.45) is 4.99 Å². The Morgan fingerprint density at radius 2 is 1.90 bits per heavy atom. The number of guanidine groups is 1. The molecular formula is C22H27N5O2. The van der Waals surface area contributed by atoms with E-state index in [1.165, 1.54) is 12.5 Å². The van der Waals surface area contributed by atoms with E-state index in [2.05, 4.69) is 32.3 Å². The summed E-state index contributed by atoms with van der Waals surface area (Å²) in [6, 6.07) is 15.7. The quantitative estimate of drug-likeness (QED) is 0.448. The van der Waals surface area contributed by atoms with Gasteiger partial charge in [-0.05, 0) is 35.7 Å². The second kappa shape index (κ2) is 9.73. The Balaban J connectivity index is 1.48. The van der Waals surface area contributed by atoms with Crippen LogP contribution in [0.15, 0.2) is 53.5 Å². The molecule has 152 valence electrons. The number of carbonyl (C=O) groups is 2. The first-order valence-corrected chi connectivity index (χ1v) is 9.75. The van der Waals surface area contributed by atoms with Crippen molar-refractivity contribution in [3.63, 3.8) is 0 Å². The lowest BCUT2D eigenvalue weighted by molar-refractivity contribution is -0.117. The number of carbonyl (C=O) groups excluding carboxylic acids is 2. The molecule has 0 aliphatic carbocycles. The molecule has 0 saturated carbocycles. The Bertz CT molecular complexity index is 892. The van der Waals surface area contributed by atoms with Gasteiger partial charge in [0, 0.05) is 50.8 Å². The van der Waals surface area contributed by atoms with Gasteiger partial charge in [-0.25, -0.2) is 0 Å². The van der Waals surface area contributed by atoms with E-state index in [0.717, 1.165) is 29.9 Å². The molecule has 7 heteroatoms. The van der Waals surface area contributed by atoms with Crippen LogP contribution in [0.3, 0.4) is 0 Å². The van der Waals surface area contributed by atoms with Gasteiger partial charge < -0.3 is 21.3 Å². The fraction of sp³-hybridized carbons (Fsp3) is 0.318. The summed E-state index contributed by atoms with van der Waals surface area (Å²) < 4.78 is 0. The number of anilines is 2. The third-order valence-corrected chi connectivity index (χ3v) is 4.83. The molecule has 0 radical (unpaired) electrons. The smallest absolute Gasteiger partial charge is 0.225 e. The number of nitrogens with one attached hydrogen (secondary N) is 4. The fourth-order valence-corrected chi connectivity index (χ4v) is 3.41. The van der Waals surface area contributed by atoms with Crippen LogP contribution in [0.25, 0.3) is 0 Å². The summed E-state index contributed by atoms with van der Waals surface area (Å²) in [5.41, 5.74) is 4.00. The predicted molar refractivity (Wildman–Crippen MR) is 116 cm³/mol. The summed E-state index contributed by atoms with van der Waals surface area (Å²) in [5.74, 6) is 0.789. The molecule has 7 nitrogen and oxygen atoms in total. The average Bonchev–Trinajstić information content (AvgIpc) is 2.71. The Labute approximate surface area is 171 Å². The molecule has 2 amide bonds. The number of para-hydroxylation sites is 1. The first-order valence-electron chi connectivity index (χ1n) is 9.75. The highest BCUT2D eigenvalue weighted by Crippen LogP contribution is 2.31. The van der Waals surface area contributed by atoms with Crippen LogP contribution in [0.5, 0.6) is 0 Å². The molecule has 4 N–H and O–H groups in total. The molecule has 1 aliphatic rings. The lowest BCUT2D eigenvalue weighted by Gasteiger charge is -2.26. The number of benzene rings is 2. The highest BCUT2D eigenvalue weighted by Gasteiger charge is 2.24. The van der Waals surface area contributed by atoms with Crippen LogP contribution in [0.4, 0.5) is 11.4 Å². The lowest BCUT2D eigenvalue weighted by atomic mass is 9.90. The summed E-state index contributed by atoms with van der Waals surface area (Å²) in [6.07, 6.45) is 1.29. The summed E-state index contributed by atoms with van der Waals surface area (Å²) in [7, 11) is 1.74. The SMILES string of the molecule is CN=C(NCCc1ccc(NC(C)=O)cc1)NCC1CC(=O)Nc2ccccc21. The molecule has 1 aliphatic heterocycles. The number of rotatable bonds is 6. The van der Waals surface area contributed by atoms with Gasteiger partial charge in [-0.3, -0.25) is 14.6 Å². The highest BCUT2D eigenvalue weighted by atomic mass is 16.2. The van der Waals surface area contributed by atoms with E-state index in [1.54, 1.807) is 7.05 Å². The number of nitrogens with zero attached hydrogens (tertiary/aromatic N) is 1. The van der Waals surface area contributed by atoms with Gasteiger partial charge in [0.05, 0.1) is 0 Å². The first kappa shape index (κ1) is 20.4.